The Morgan fingerprint density at radius 3 is 1.52 bits per heavy atom. The fraction of sp³-hybridized carbons (Fsp3) is 0. The summed E-state index contributed by atoms with van der Waals surface area (Å²) in [5.41, 5.74) is -9.02. The van der Waals surface area contributed by atoms with Crippen molar-refractivity contribution in [3.8, 4) is 62.1 Å². The number of fused-ring (bicyclic) bond motifs is 6. The summed E-state index contributed by atoms with van der Waals surface area (Å²) >= 11 is 0.629. The van der Waals surface area contributed by atoms with Gasteiger partial charge in [0.25, 0.3) is 0 Å². The molecule has 0 aliphatic carbocycles. The van der Waals surface area contributed by atoms with Crippen molar-refractivity contribution in [2.24, 2.45) is 0 Å². The SMILES string of the molecule is [2H]c1c([2H])c([2H])c(-c2nc(-c3c([2H])c([2H])c([2H])c(-c4c([2H])c(-c5c([2H])c([2H])c([2H])c([2H])c5[2H])c([2H])c(-n5c6c([2H])c([2H])c([2H])c([2H])c6c6c([2H])c([2H])c([2H])c([2H])c65)c4[2H])c3[2H])nc(-c3c([2H])c([2H])c4c(sc5c([2H])c([2H])c([2H])c([2H])c54)c3[2H])n2)c([2H])c1[2H]. The lowest BCUT2D eigenvalue weighted by Crippen LogP contribution is -2.00. The molecule has 0 unspecified atom stereocenters. The van der Waals surface area contributed by atoms with Gasteiger partial charge in [0.15, 0.2) is 17.5 Å². The second-order valence-electron chi connectivity index (χ2n) is 11.6. The van der Waals surface area contributed by atoms with Gasteiger partial charge in [-0.15, -0.1) is 11.3 Å². The zero-order valence-electron chi connectivity index (χ0n) is 59.7. The maximum atomic E-state index is 10.1. The Hall–Kier alpha value is -7.21. The van der Waals surface area contributed by atoms with Crippen LogP contribution in [0.3, 0.4) is 0 Å². The van der Waals surface area contributed by atoms with Crippen LogP contribution >= 0.6 is 11.3 Å². The molecule has 0 atom stereocenters. The van der Waals surface area contributed by atoms with Crippen LogP contribution in [0.25, 0.3) is 104 Å². The zero-order chi connectivity index (χ0) is 64.9. The Bertz CT molecular complexity index is 5000. The number of thiophene rings is 1. The number of para-hydroxylation sites is 2. The second-order valence-corrected chi connectivity index (χ2v) is 12.6. The van der Waals surface area contributed by atoms with Gasteiger partial charge in [0.2, 0.25) is 0 Å². The Labute approximate surface area is 372 Å². The molecule has 262 valence electrons. The fourth-order valence-corrected chi connectivity index (χ4v) is 6.87. The fourth-order valence-electron chi connectivity index (χ4n) is 5.90. The number of rotatable bonds is 6. The molecule has 0 saturated carbocycles. The highest BCUT2D eigenvalue weighted by atomic mass is 32.1. The Balaban J connectivity index is 1.34. The summed E-state index contributed by atoms with van der Waals surface area (Å²) < 4.78 is 288. The molecule has 4 nitrogen and oxygen atoms in total. The molecule has 0 fully saturated rings. The molecule has 3 heterocycles. The summed E-state index contributed by atoms with van der Waals surface area (Å²) in [6.45, 7) is 0. The first-order chi connectivity index (χ1) is 41.1. The Morgan fingerprint density at radius 1 is 0.339 bits per heavy atom. The zero-order valence-corrected chi connectivity index (χ0v) is 28.5. The molecule has 0 N–H and O–H groups in total. The number of aromatic nitrogens is 4. The molecule has 8 aromatic carbocycles. The van der Waals surface area contributed by atoms with Crippen LogP contribution in [0, 0.1) is 0 Å². The molecule has 3 aromatic heterocycles. The molecule has 0 saturated heterocycles. The van der Waals surface area contributed by atoms with Crippen molar-refractivity contribution in [3.63, 3.8) is 0 Å². The summed E-state index contributed by atoms with van der Waals surface area (Å²) in [4.78, 5) is 13.1. The van der Waals surface area contributed by atoms with E-state index in [1.807, 2.05) is 0 Å². The van der Waals surface area contributed by atoms with Gasteiger partial charge in [-0.1, -0.05) is 145 Å². The summed E-state index contributed by atoms with van der Waals surface area (Å²) in [6.07, 6.45) is 0. The third kappa shape index (κ3) is 5.56. The van der Waals surface area contributed by atoms with Crippen LogP contribution in [0.15, 0.2) is 193 Å². The molecular formula is C51H32N4S. The summed E-state index contributed by atoms with van der Waals surface area (Å²) in [5, 5.41) is -1.66. The maximum Gasteiger partial charge on any atom is 0.164 e. The highest BCUT2D eigenvalue weighted by Crippen LogP contribution is 2.38. The van der Waals surface area contributed by atoms with Crippen LogP contribution in [-0.2, 0) is 0 Å². The van der Waals surface area contributed by atoms with Gasteiger partial charge < -0.3 is 4.57 Å². The minimum Gasteiger partial charge on any atom is -0.309 e. The van der Waals surface area contributed by atoms with Gasteiger partial charge in [-0.05, 0) is 70.6 Å². The highest BCUT2D eigenvalue weighted by molar-refractivity contribution is 7.25. The van der Waals surface area contributed by atoms with E-state index in [-0.39, 0.29) is 20.2 Å². The van der Waals surface area contributed by atoms with E-state index in [1.54, 1.807) is 0 Å². The quantitative estimate of drug-likeness (QED) is 0.169. The first kappa shape index (κ1) is 13.5. The van der Waals surface area contributed by atoms with Gasteiger partial charge in [0.1, 0.15) is 0 Å². The van der Waals surface area contributed by atoms with Crippen molar-refractivity contribution in [2.45, 2.75) is 0 Å². The average molecular weight is 765 g/mol. The lowest BCUT2D eigenvalue weighted by Gasteiger charge is -2.15. The van der Waals surface area contributed by atoms with E-state index >= 15 is 0 Å². The van der Waals surface area contributed by atoms with Crippen molar-refractivity contribution in [3.05, 3.63) is 193 Å². The molecule has 5 heteroatoms. The van der Waals surface area contributed by atoms with Crippen molar-refractivity contribution >= 4 is 53.3 Å². The molecule has 11 aromatic rings. The van der Waals surface area contributed by atoms with Gasteiger partial charge in [-0.2, -0.15) is 0 Å². The van der Waals surface area contributed by atoms with E-state index in [0.29, 0.717) is 15.9 Å². The first-order valence-electron chi connectivity index (χ1n) is 32.2. The smallest absolute Gasteiger partial charge is 0.164 e. The van der Waals surface area contributed by atoms with E-state index in [4.69, 9.17) is 27.4 Å². The lowest BCUT2D eigenvalue weighted by molar-refractivity contribution is 1.07. The summed E-state index contributed by atoms with van der Waals surface area (Å²) in [7, 11) is 0. The molecular weight excluding hydrogens is 701 g/mol. The number of hydrogen-bond acceptors (Lipinski definition) is 4. The van der Waals surface area contributed by atoms with E-state index in [0.717, 1.165) is 0 Å². The second kappa shape index (κ2) is 13.3. The predicted molar refractivity (Wildman–Crippen MR) is 234 cm³/mol. The van der Waals surface area contributed by atoms with Crippen molar-refractivity contribution in [1.82, 2.24) is 19.5 Å². The molecule has 0 amide bonds. The van der Waals surface area contributed by atoms with E-state index in [9.17, 15) is 16.4 Å². The number of benzene rings is 8. The van der Waals surface area contributed by atoms with E-state index < -0.39 is 277 Å². The monoisotopic (exact) mass is 764 g/mol. The van der Waals surface area contributed by atoms with Gasteiger partial charge in [-0.3, -0.25) is 0 Å². The van der Waals surface area contributed by atoms with Crippen LogP contribution in [0.1, 0.15) is 43.9 Å². The van der Waals surface area contributed by atoms with Crippen molar-refractivity contribution in [2.75, 3.05) is 0 Å². The summed E-state index contributed by atoms with van der Waals surface area (Å²) in [5.74, 6) is -2.75. The first-order valence-corrected chi connectivity index (χ1v) is 17.0. The Kier molecular flexibility index (Phi) is 3.20. The van der Waals surface area contributed by atoms with Gasteiger partial charge in [-0.25, -0.2) is 15.0 Å². The third-order valence-electron chi connectivity index (χ3n) is 8.31. The Morgan fingerprint density at radius 2 is 0.821 bits per heavy atom. The third-order valence-corrected chi connectivity index (χ3v) is 9.33. The molecule has 0 bridgehead atoms. The van der Waals surface area contributed by atoms with Crippen LogP contribution < -0.4 is 0 Å². The van der Waals surface area contributed by atoms with E-state index in [2.05, 4.69) is 15.0 Å². The highest BCUT2D eigenvalue weighted by Gasteiger charge is 2.17. The topological polar surface area (TPSA) is 43.6 Å². The molecule has 0 spiro atoms. The number of hydrogen-bond donors (Lipinski definition) is 0. The minimum atomic E-state index is -1.22. The van der Waals surface area contributed by atoms with Gasteiger partial charge >= 0.3 is 0 Å². The average Bonchev–Trinajstić information content (AvgIpc) is 1.44. The van der Waals surface area contributed by atoms with Crippen LogP contribution in [0.4, 0.5) is 0 Å². The van der Waals surface area contributed by atoms with Crippen molar-refractivity contribution < 1.29 is 43.9 Å². The predicted octanol–water partition coefficient (Wildman–Crippen LogP) is 13.7. The van der Waals surface area contributed by atoms with Crippen LogP contribution in [-0.4, -0.2) is 19.5 Å². The normalized spacial score (nSPS) is 19.6. The standard InChI is InChI=1S/C51H32N4S/c1-3-14-33(15-4-1)38-29-39(31-40(30-38)55-45-23-10-7-20-41(45)42-21-8-11-24-46(42)55)35-18-13-19-36(28-35)50-52-49(34-16-5-2-6-17-34)53-51(54-50)37-26-27-44-43-22-9-12-25-47(43)56-48(44)32-37/h1-32H/i1D,2D,3D,4D,5D,6D,7D,8D,9D,10D,11D,12D,13D,14D,15D,16D,17D,18D,19D,20D,21D,22D,23D,24D,25D,26D,27D,28D,29D,30D,31D,32D. The van der Waals surface area contributed by atoms with Crippen LogP contribution in [0.5, 0.6) is 0 Å². The molecule has 56 heavy (non-hydrogen) atoms. The lowest BCUT2D eigenvalue weighted by atomic mass is 9.96. The molecule has 0 aliphatic heterocycles. The van der Waals surface area contributed by atoms with Gasteiger partial charge in [0.05, 0.1) is 54.9 Å². The van der Waals surface area contributed by atoms with Gasteiger partial charge in [0, 0.05) is 53.3 Å². The minimum absolute atomic E-state index is 0.120. The molecule has 0 aliphatic rings. The largest absolute Gasteiger partial charge is 0.309 e. The molecule has 11 rings (SSSR count). The van der Waals surface area contributed by atoms with Crippen molar-refractivity contribution in [1.29, 1.82) is 0 Å². The van der Waals surface area contributed by atoms with E-state index in [1.165, 1.54) is 0 Å². The summed E-state index contributed by atoms with van der Waals surface area (Å²) in [6, 6.07) is -30.5. The van der Waals surface area contributed by atoms with Crippen LogP contribution in [0.2, 0.25) is 0 Å². The maximum absolute atomic E-state index is 10.1. The molecule has 0 radical (unpaired) electrons. The number of nitrogens with zero attached hydrogens (tertiary/aromatic N) is 4.